The van der Waals surface area contributed by atoms with Gasteiger partial charge in [0.1, 0.15) is 0 Å². The van der Waals surface area contributed by atoms with Gasteiger partial charge in [-0.3, -0.25) is 4.79 Å². The van der Waals surface area contributed by atoms with Crippen LogP contribution in [0.5, 0.6) is 0 Å². The molecule has 2 rings (SSSR count). The fraction of sp³-hybridized carbons (Fsp3) is 0.667. The molecule has 1 saturated heterocycles. The first-order valence-electron chi connectivity index (χ1n) is 8.45. The van der Waals surface area contributed by atoms with Crippen molar-refractivity contribution >= 4 is 11.9 Å². The maximum Gasteiger partial charge on any atom is 0.314 e. The molecule has 1 aliphatic heterocycles. The number of amides is 3. The third kappa shape index (κ3) is 3.95. The second-order valence-corrected chi connectivity index (χ2v) is 7.43. The Kier molecular flexibility index (Phi) is 5.17. The quantitative estimate of drug-likeness (QED) is 0.795. The molecule has 23 heavy (non-hydrogen) atoms. The lowest BCUT2D eigenvalue weighted by Gasteiger charge is -2.38. The summed E-state index contributed by atoms with van der Waals surface area (Å²) < 4.78 is 0. The van der Waals surface area contributed by atoms with Crippen LogP contribution in [0.1, 0.15) is 47.0 Å². The normalized spacial score (nSPS) is 25.1. The molecule has 1 aliphatic carbocycles. The van der Waals surface area contributed by atoms with Gasteiger partial charge in [-0.25, -0.2) is 4.79 Å². The third-order valence-electron chi connectivity index (χ3n) is 5.16. The van der Waals surface area contributed by atoms with E-state index >= 15 is 0 Å². The summed E-state index contributed by atoms with van der Waals surface area (Å²) in [6, 6.07) is -0.424. The molecule has 0 aromatic heterocycles. The molecular formula is C18H29N3O2. The van der Waals surface area contributed by atoms with Crippen molar-refractivity contribution in [3.05, 3.63) is 23.3 Å². The average Bonchev–Trinajstić information content (AvgIpc) is 2.45. The molecule has 3 amide bonds. The molecule has 1 atom stereocenters. The number of hydrogen-bond acceptors (Lipinski definition) is 2. The van der Waals surface area contributed by atoms with Gasteiger partial charge in [0.05, 0.1) is 0 Å². The Labute approximate surface area is 139 Å². The number of carbonyl (C=O) groups excluding carboxylic acids is 2. The monoisotopic (exact) mass is 319 g/mol. The maximum atomic E-state index is 12.5. The largest absolute Gasteiger partial charge is 0.351 e. The number of piperazine rings is 1. The molecule has 5 nitrogen and oxygen atoms in total. The summed E-state index contributed by atoms with van der Waals surface area (Å²) in [7, 11) is 0. The van der Waals surface area contributed by atoms with Crippen LogP contribution in [0.15, 0.2) is 23.3 Å². The van der Waals surface area contributed by atoms with Gasteiger partial charge < -0.3 is 15.5 Å². The highest BCUT2D eigenvalue weighted by Crippen LogP contribution is 2.40. The summed E-state index contributed by atoms with van der Waals surface area (Å²) in [5, 5.41) is 0. The molecule has 0 unspecified atom stereocenters. The van der Waals surface area contributed by atoms with Crippen molar-refractivity contribution in [1.82, 2.24) is 9.80 Å². The van der Waals surface area contributed by atoms with Crippen LogP contribution in [-0.4, -0.2) is 47.4 Å². The molecule has 1 fully saturated rings. The van der Waals surface area contributed by atoms with Crippen LogP contribution >= 0.6 is 0 Å². The van der Waals surface area contributed by atoms with E-state index in [4.69, 9.17) is 5.73 Å². The summed E-state index contributed by atoms with van der Waals surface area (Å²) in [5.41, 5.74) is 8.13. The maximum absolute atomic E-state index is 12.5. The first-order chi connectivity index (χ1) is 10.7. The molecule has 5 heteroatoms. The Hall–Kier alpha value is -1.78. The van der Waals surface area contributed by atoms with E-state index in [1.54, 1.807) is 11.0 Å². The molecule has 2 aliphatic rings. The number of primary amides is 1. The van der Waals surface area contributed by atoms with E-state index in [0.717, 1.165) is 12.8 Å². The lowest BCUT2D eigenvalue weighted by atomic mass is 9.72. The topological polar surface area (TPSA) is 66.6 Å². The van der Waals surface area contributed by atoms with Crippen molar-refractivity contribution in [3.8, 4) is 0 Å². The molecule has 0 saturated carbocycles. The van der Waals surface area contributed by atoms with Gasteiger partial charge in [0.2, 0.25) is 5.91 Å². The molecule has 0 aromatic rings. The van der Waals surface area contributed by atoms with Crippen molar-refractivity contribution in [3.63, 3.8) is 0 Å². The predicted molar refractivity (Wildman–Crippen MR) is 91.8 cm³/mol. The number of hydrogen-bond donors (Lipinski definition) is 1. The van der Waals surface area contributed by atoms with Crippen molar-refractivity contribution in [2.24, 2.45) is 11.1 Å². The highest BCUT2D eigenvalue weighted by molar-refractivity contribution is 5.88. The zero-order valence-electron chi connectivity index (χ0n) is 14.8. The minimum Gasteiger partial charge on any atom is -0.351 e. The van der Waals surface area contributed by atoms with Gasteiger partial charge in [0, 0.05) is 31.8 Å². The molecule has 0 aromatic carbocycles. The lowest BCUT2D eigenvalue weighted by Crippen LogP contribution is -2.56. The van der Waals surface area contributed by atoms with Crippen LogP contribution in [0.2, 0.25) is 0 Å². The summed E-state index contributed by atoms with van der Waals surface area (Å²) in [6.45, 7) is 10.2. The Morgan fingerprint density at radius 1 is 1.30 bits per heavy atom. The van der Waals surface area contributed by atoms with Crippen LogP contribution in [0.4, 0.5) is 4.79 Å². The molecule has 0 bridgehead atoms. The number of nitrogens with zero attached hydrogens (tertiary/aromatic N) is 2. The van der Waals surface area contributed by atoms with Crippen LogP contribution in [0, 0.1) is 5.41 Å². The molecule has 128 valence electrons. The fourth-order valence-electron chi connectivity index (χ4n) is 3.75. The minimum atomic E-state index is -0.413. The first-order valence-corrected chi connectivity index (χ1v) is 8.45. The highest BCUT2D eigenvalue weighted by Gasteiger charge is 2.29. The third-order valence-corrected chi connectivity index (χ3v) is 5.16. The van der Waals surface area contributed by atoms with Crippen LogP contribution in [0.25, 0.3) is 0 Å². The Morgan fingerprint density at radius 2 is 2.00 bits per heavy atom. The average molecular weight is 319 g/mol. The number of nitrogens with two attached hydrogens (primary N) is 1. The second-order valence-electron chi connectivity index (χ2n) is 7.43. The SMILES string of the molecule is CC1=C(/C=C/C(=O)N2CCN(C(N)=O)C[C@H]2C)C(C)(C)CCC1. The van der Waals surface area contributed by atoms with Crippen LogP contribution in [-0.2, 0) is 4.79 Å². The van der Waals surface area contributed by atoms with Crippen molar-refractivity contribution in [1.29, 1.82) is 0 Å². The van der Waals surface area contributed by atoms with Gasteiger partial charge in [-0.2, -0.15) is 0 Å². The molecule has 0 spiro atoms. The van der Waals surface area contributed by atoms with Crippen molar-refractivity contribution in [2.75, 3.05) is 19.6 Å². The second kappa shape index (κ2) is 6.77. The van der Waals surface area contributed by atoms with Gasteiger partial charge in [-0.1, -0.05) is 25.5 Å². The van der Waals surface area contributed by atoms with Gasteiger partial charge in [-0.05, 0) is 44.1 Å². The summed E-state index contributed by atoms with van der Waals surface area (Å²) in [4.78, 5) is 27.2. The summed E-state index contributed by atoms with van der Waals surface area (Å²) in [5.74, 6) is 0.0169. The highest BCUT2D eigenvalue weighted by atomic mass is 16.2. The summed E-state index contributed by atoms with van der Waals surface area (Å²) >= 11 is 0. The minimum absolute atomic E-state index is 0.0113. The van der Waals surface area contributed by atoms with E-state index < -0.39 is 6.03 Å². The Morgan fingerprint density at radius 3 is 2.57 bits per heavy atom. The van der Waals surface area contributed by atoms with Gasteiger partial charge in [0.15, 0.2) is 0 Å². The van der Waals surface area contributed by atoms with E-state index in [9.17, 15) is 9.59 Å². The Balaban J connectivity index is 2.06. The molecular weight excluding hydrogens is 290 g/mol. The van der Waals surface area contributed by atoms with E-state index in [2.05, 4.69) is 20.8 Å². The standard InChI is InChI=1S/C18H29N3O2/c1-13-6-5-9-18(3,4)15(13)7-8-16(22)21-11-10-20(17(19)23)12-14(21)2/h7-8,14H,5-6,9-12H2,1-4H3,(H2,19,23)/b8-7+/t14-/m1/s1. The first kappa shape index (κ1) is 17.6. The number of urea groups is 1. The number of carbonyl (C=O) groups is 2. The van der Waals surface area contributed by atoms with E-state index in [-0.39, 0.29) is 17.4 Å². The molecule has 0 radical (unpaired) electrons. The van der Waals surface area contributed by atoms with Gasteiger partial charge in [0.25, 0.3) is 0 Å². The summed E-state index contributed by atoms with van der Waals surface area (Å²) in [6.07, 6.45) is 7.19. The zero-order chi connectivity index (χ0) is 17.2. The van der Waals surface area contributed by atoms with Gasteiger partial charge in [-0.15, -0.1) is 0 Å². The zero-order valence-corrected chi connectivity index (χ0v) is 14.8. The Bertz CT molecular complexity index is 548. The van der Waals surface area contributed by atoms with Gasteiger partial charge >= 0.3 is 6.03 Å². The van der Waals surface area contributed by atoms with E-state index in [0.29, 0.717) is 19.6 Å². The van der Waals surface area contributed by atoms with E-state index in [1.165, 1.54) is 17.6 Å². The van der Waals surface area contributed by atoms with Crippen LogP contribution in [0.3, 0.4) is 0 Å². The van der Waals surface area contributed by atoms with Crippen molar-refractivity contribution < 1.29 is 9.59 Å². The van der Waals surface area contributed by atoms with Crippen LogP contribution < -0.4 is 5.73 Å². The number of allylic oxidation sites excluding steroid dienone is 3. The lowest BCUT2D eigenvalue weighted by molar-refractivity contribution is -0.129. The predicted octanol–water partition coefficient (Wildman–Crippen LogP) is 2.68. The smallest absolute Gasteiger partial charge is 0.314 e. The van der Waals surface area contributed by atoms with E-state index in [1.807, 2.05) is 17.9 Å². The van der Waals surface area contributed by atoms with Crippen molar-refractivity contribution in [2.45, 2.75) is 53.0 Å². The fourth-order valence-corrected chi connectivity index (χ4v) is 3.75. The molecule has 2 N–H and O–H groups in total. The molecule has 1 heterocycles. The number of rotatable bonds is 2.